The van der Waals surface area contributed by atoms with Gasteiger partial charge in [0.2, 0.25) is 0 Å². The van der Waals surface area contributed by atoms with E-state index in [-0.39, 0.29) is 6.61 Å². The number of rotatable bonds is 10. The maximum Gasteiger partial charge on any atom is 0.303 e. The van der Waals surface area contributed by atoms with E-state index in [0.29, 0.717) is 6.61 Å². The SMILES string of the molecule is CCCCCCCOC1OC(COC(C)=O)C(OC(C)=O)C(O)C1N. The van der Waals surface area contributed by atoms with E-state index in [1.165, 1.54) is 26.7 Å². The topological polar surface area (TPSA) is 117 Å². The van der Waals surface area contributed by atoms with E-state index < -0.39 is 42.6 Å². The number of nitrogens with two attached hydrogens (primary N) is 1. The fourth-order valence-electron chi connectivity index (χ4n) is 2.67. The Morgan fingerprint density at radius 2 is 1.80 bits per heavy atom. The molecule has 25 heavy (non-hydrogen) atoms. The molecule has 0 saturated carbocycles. The summed E-state index contributed by atoms with van der Waals surface area (Å²) in [5, 5.41) is 10.4. The van der Waals surface area contributed by atoms with Crippen LogP contribution < -0.4 is 5.73 Å². The summed E-state index contributed by atoms with van der Waals surface area (Å²) in [5.41, 5.74) is 5.97. The number of hydrogen-bond acceptors (Lipinski definition) is 8. The highest BCUT2D eigenvalue weighted by atomic mass is 16.7. The molecule has 5 unspecified atom stereocenters. The van der Waals surface area contributed by atoms with Gasteiger partial charge in [-0.3, -0.25) is 9.59 Å². The Kier molecular flexibility index (Phi) is 9.96. The lowest BCUT2D eigenvalue weighted by Gasteiger charge is -2.42. The van der Waals surface area contributed by atoms with Gasteiger partial charge in [0.1, 0.15) is 18.8 Å². The van der Waals surface area contributed by atoms with E-state index in [1.54, 1.807) is 0 Å². The van der Waals surface area contributed by atoms with Crippen LogP contribution >= 0.6 is 0 Å². The van der Waals surface area contributed by atoms with Gasteiger partial charge in [0.05, 0.1) is 6.04 Å². The number of ether oxygens (including phenoxy) is 4. The van der Waals surface area contributed by atoms with E-state index in [4.69, 9.17) is 24.7 Å². The van der Waals surface area contributed by atoms with Crippen LogP contribution in [0.25, 0.3) is 0 Å². The summed E-state index contributed by atoms with van der Waals surface area (Å²) < 4.78 is 21.4. The lowest BCUT2D eigenvalue weighted by atomic mass is 9.97. The number of carbonyl (C=O) groups is 2. The van der Waals surface area contributed by atoms with Gasteiger partial charge < -0.3 is 29.8 Å². The summed E-state index contributed by atoms with van der Waals surface area (Å²) >= 11 is 0. The van der Waals surface area contributed by atoms with Crippen LogP contribution in [0.1, 0.15) is 52.9 Å². The number of esters is 2. The second kappa shape index (κ2) is 11.4. The molecule has 146 valence electrons. The van der Waals surface area contributed by atoms with Crippen molar-refractivity contribution in [1.29, 1.82) is 0 Å². The molecule has 3 N–H and O–H groups in total. The summed E-state index contributed by atoms with van der Waals surface area (Å²) in [6.07, 6.45) is 1.52. The van der Waals surface area contributed by atoms with Gasteiger partial charge in [0.15, 0.2) is 12.4 Å². The van der Waals surface area contributed by atoms with Crippen LogP contribution in [0, 0.1) is 0 Å². The van der Waals surface area contributed by atoms with Crippen molar-refractivity contribution in [3.05, 3.63) is 0 Å². The van der Waals surface area contributed by atoms with E-state index >= 15 is 0 Å². The van der Waals surface area contributed by atoms with Crippen molar-refractivity contribution in [1.82, 2.24) is 0 Å². The molecule has 1 aliphatic heterocycles. The average molecular weight is 361 g/mol. The molecule has 0 radical (unpaired) electrons. The van der Waals surface area contributed by atoms with E-state index in [9.17, 15) is 14.7 Å². The van der Waals surface area contributed by atoms with E-state index in [0.717, 1.165) is 19.3 Å². The molecule has 0 bridgehead atoms. The van der Waals surface area contributed by atoms with Crippen molar-refractivity contribution in [2.75, 3.05) is 13.2 Å². The number of hydrogen-bond donors (Lipinski definition) is 2. The van der Waals surface area contributed by atoms with Crippen LogP contribution in [0.4, 0.5) is 0 Å². The monoisotopic (exact) mass is 361 g/mol. The first kappa shape index (κ1) is 21.8. The van der Waals surface area contributed by atoms with Crippen molar-refractivity contribution in [2.24, 2.45) is 5.73 Å². The fourth-order valence-corrected chi connectivity index (χ4v) is 2.67. The predicted molar refractivity (Wildman–Crippen MR) is 89.5 cm³/mol. The molecule has 1 fully saturated rings. The molecule has 1 heterocycles. The Bertz CT molecular complexity index is 418. The van der Waals surface area contributed by atoms with Crippen LogP contribution in [0.3, 0.4) is 0 Å². The normalized spacial score (nSPS) is 29.2. The molecule has 8 nitrogen and oxygen atoms in total. The molecule has 1 aliphatic rings. The van der Waals surface area contributed by atoms with Gasteiger partial charge in [-0.2, -0.15) is 0 Å². The number of carbonyl (C=O) groups excluding carboxylic acids is 2. The third kappa shape index (κ3) is 7.68. The molecule has 8 heteroatoms. The lowest BCUT2D eigenvalue weighted by molar-refractivity contribution is -0.271. The van der Waals surface area contributed by atoms with Crippen LogP contribution in [0.5, 0.6) is 0 Å². The molecular formula is C17H31NO7. The van der Waals surface area contributed by atoms with Crippen LogP contribution in [-0.4, -0.2) is 60.9 Å². The van der Waals surface area contributed by atoms with Crippen molar-refractivity contribution >= 4 is 11.9 Å². The second-order valence-corrected chi connectivity index (χ2v) is 6.27. The Labute approximate surface area is 148 Å². The summed E-state index contributed by atoms with van der Waals surface area (Å²) in [4.78, 5) is 22.3. The zero-order valence-corrected chi connectivity index (χ0v) is 15.3. The molecule has 0 aromatic heterocycles. The zero-order valence-electron chi connectivity index (χ0n) is 15.3. The van der Waals surface area contributed by atoms with Gasteiger partial charge >= 0.3 is 11.9 Å². The molecule has 1 saturated heterocycles. The van der Waals surface area contributed by atoms with E-state index in [1.807, 2.05) is 0 Å². The number of aliphatic hydroxyl groups excluding tert-OH is 1. The Morgan fingerprint density at radius 1 is 1.12 bits per heavy atom. The number of unbranched alkanes of at least 4 members (excludes halogenated alkanes) is 4. The van der Waals surface area contributed by atoms with E-state index in [2.05, 4.69) is 6.92 Å². The molecular weight excluding hydrogens is 330 g/mol. The van der Waals surface area contributed by atoms with Gasteiger partial charge in [-0.15, -0.1) is 0 Å². The quantitative estimate of drug-likeness (QED) is 0.435. The van der Waals surface area contributed by atoms with Gasteiger partial charge in [0.25, 0.3) is 0 Å². The van der Waals surface area contributed by atoms with Crippen LogP contribution in [-0.2, 0) is 28.5 Å². The third-order valence-electron chi connectivity index (χ3n) is 4.00. The minimum Gasteiger partial charge on any atom is -0.463 e. The largest absolute Gasteiger partial charge is 0.463 e. The smallest absolute Gasteiger partial charge is 0.303 e. The standard InChI is InChI=1S/C17H31NO7/c1-4-5-6-7-8-9-22-17-14(18)15(21)16(24-12(3)20)13(25-17)10-23-11(2)19/h13-17,21H,4-10,18H2,1-3H3. The number of aliphatic hydroxyl groups is 1. The molecule has 0 spiro atoms. The maximum absolute atomic E-state index is 11.3. The van der Waals surface area contributed by atoms with Crippen molar-refractivity contribution in [3.8, 4) is 0 Å². The summed E-state index contributed by atoms with van der Waals surface area (Å²) in [6, 6.07) is -0.867. The first-order chi connectivity index (χ1) is 11.9. The summed E-state index contributed by atoms with van der Waals surface area (Å²) in [6.45, 7) is 4.92. The zero-order chi connectivity index (χ0) is 18.8. The fraction of sp³-hybridized carbons (Fsp3) is 0.882. The minimum absolute atomic E-state index is 0.159. The van der Waals surface area contributed by atoms with Crippen molar-refractivity contribution < 1.29 is 33.6 Å². The predicted octanol–water partition coefficient (Wildman–Crippen LogP) is 0.881. The van der Waals surface area contributed by atoms with Gasteiger partial charge in [-0.05, 0) is 6.42 Å². The average Bonchev–Trinajstić information content (AvgIpc) is 2.55. The maximum atomic E-state index is 11.3. The van der Waals surface area contributed by atoms with Gasteiger partial charge in [-0.1, -0.05) is 32.6 Å². The molecule has 0 aromatic rings. The first-order valence-electron chi connectivity index (χ1n) is 8.88. The highest BCUT2D eigenvalue weighted by molar-refractivity contribution is 5.66. The first-order valence-corrected chi connectivity index (χ1v) is 8.88. The molecule has 1 rings (SSSR count). The molecule has 0 amide bonds. The molecule has 0 aliphatic carbocycles. The molecule has 0 aromatic carbocycles. The minimum atomic E-state index is -1.18. The highest BCUT2D eigenvalue weighted by Crippen LogP contribution is 2.24. The summed E-state index contributed by atoms with van der Waals surface area (Å²) in [5.74, 6) is -1.08. The van der Waals surface area contributed by atoms with Crippen molar-refractivity contribution in [3.63, 3.8) is 0 Å². The lowest BCUT2D eigenvalue weighted by Crippen LogP contribution is -2.63. The van der Waals surface area contributed by atoms with Gasteiger partial charge in [0, 0.05) is 20.5 Å². The third-order valence-corrected chi connectivity index (χ3v) is 4.00. The van der Waals surface area contributed by atoms with Crippen molar-refractivity contribution in [2.45, 2.75) is 83.5 Å². The molecule has 5 atom stereocenters. The van der Waals surface area contributed by atoms with Crippen LogP contribution in [0.15, 0.2) is 0 Å². The Balaban J connectivity index is 2.59. The van der Waals surface area contributed by atoms with Gasteiger partial charge in [-0.25, -0.2) is 0 Å². The highest BCUT2D eigenvalue weighted by Gasteiger charge is 2.46. The Hall–Kier alpha value is -1.22. The summed E-state index contributed by atoms with van der Waals surface area (Å²) in [7, 11) is 0. The van der Waals surface area contributed by atoms with Crippen LogP contribution in [0.2, 0.25) is 0 Å². The second-order valence-electron chi connectivity index (χ2n) is 6.27. The Morgan fingerprint density at radius 3 is 2.40 bits per heavy atom.